The number of aromatic nitrogens is 2. The number of aryl methyl sites for hydroxylation is 2. The molecule has 2 amide bonds. The Hall–Kier alpha value is -1.73. The molecule has 0 bridgehead atoms. The van der Waals surface area contributed by atoms with E-state index in [1.54, 1.807) is 0 Å². The molecule has 2 rings (SSSR count). The number of urea groups is 1. The number of amides is 2. The smallest absolute Gasteiger partial charge is 0.335 e. The minimum absolute atomic E-state index is 0.0389. The summed E-state index contributed by atoms with van der Waals surface area (Å²) in [6.45, 7) is 6.87. The molecule has 2 N–H and O–H groups in total. The fourth-order valence-corrected chi connectivity index (χ4v) is 3.32. The number of nitrogens with one attached hydrogen (secondary N) is 2. The average molecular weight is 346 g/mol. The third-order valence-corrected chi connectivity index (χ3v) is 4.73. The topological polar surface area (TPSA) is 59.0 Å². The van der Waals surface area contributed by atoms with Gasteiger partial charge in [0.05, 0.1) is 11.6 Å². The van der Waals surface area contributed by atoms with Gasteiger partial charge in [0.15, 0.2) is 0 Å². The predicted octanol–water partition coefficient (Wildman–Crippen LogP) is 3.44. The molecule has 5 nitrogen and oxygen atoms in total. The average Bonchev–Trinajstić information content (AvgIpc) is 2.78. The van der Waals surface area contributed by atoms with E-state index in [9.17, 15) is 18.0 Å². The van der Waals surface area contributed by atoms with E-state index in [2.05, 4.69) is 15.7 Å². The van der Waals surface area contributed by atoms with Crippen molar-refractivity contribution in [3.05, 3.63) is 17.0 Å². The second kappa shape index (κ2) is 7.44. The highest BCUT2D eigenvalue weighted by molar-refractivity contribution is 5.74. The fourth-order valence-electron chi connectivity index (χ4n) is 3.32. The summed E-state index contributed by atoms with van der Waals surface area (Å²) in [5, 5.41) is 9.79. The van der Waals surface area contributed by atoms with E-state index in [0.29, 0.717) is 19.4 Å². The lowest BCUT2D eigenvalue weighted by molar-refractivity contribution is -0.183. The summed E-state index contributed by atoms with van der Waals surface area (Å²) in [7, 11) is 0. The maximum Gasteiger partial charge on any atom is 0.391 e. The molecule has 0 aliphatic heterocycles. The van der Waals surface area contributed by atoms with Crippen LogP contribution in [0.2, 0.25) is 0 Å². The highest BCUT2D eigenvalue weighted by Gasteiger charge is 2.42. The van der Waals surface area contributed by atoms with Gasteiger partial charge in [-0.3, -0.25) is 4.68 Å². The molecule has 0 saturated heterocycles. The molecule has 1 saturated carbocycles. The zero-order chi connectivity index (χ0) is 17.9. The number of halogens is 3. The molecule has 0 radical (unpaired) electrons. The largest absolute Gasteiger partial charge is 0.391 e. The van der Waals surface area contributed by atoms with Gasteiger partial charge in [0.25, 0.3) is 0 Å². The number of alkyl halides is 3. The monoisotopic (exact) mass is 346 g/mol. The van der Waals surface area contributed by atoms with E-state index in [4.69, 9.17) is 0 Å². The van der Waals surface area contributed by atoms with Crippen molar-refractivity contribution in [3.8, 4) is 0 Å². The van der Waals surface area contributed by atoms with Gasteiger partial charge in [-0.1, -0.05) is 6.42 Å². The van der Waals surface area contributed by atoms with Crippen molar-refractivity contribution in [2.24, 2.45) is 5.92 Å². The van der Waals surface area contributed by atoms with Crippen LogP contribution in [0.25, 0.3) is 0 Å². The van der Waals surface area contributed by atoms with Crippen LogP contribution in [0.3, 0.4) is 0 Å². The Morgan fingerprint density at radius 2 is 2.04 bits per heavy atom. The van der Waals surface area contributed by atoms with E-state index >= 15 is 0 Å². The lowest BCUT2D eigenvalue weighted by Gasteiger charge is -2.31. The van der Waals surface area contributed by atoms with Crippen LogP contribution in [0.1, 0.15) is 49.6 Å². The van der Waals surface area contributed by atoms with Crippen molar-refractivity contribution in [1.29, 1.82) is 0 Å². The SMILES string of the molecule is CCn1nc(C)c(CNC(=O)NC2CCCC(C(F)(F)F)C2)c1C. The third kappa shape index (κ3) is 4.42. The molecule has 2 atom stereocenters. The molecule has 1 aromatic heterocycles. The van der Waals surface area contributed by atoms with Gasteiger partial charge in [-0.15, -0.1) is 0 Å². The van der Waals surface area contributed by atoms with Crippen molar-refractivity contribution >= 4 is 6.03 Å². The standard InChI is InChI=1S/C16H25F3N4O/c1-4-23-11(3)14(10(2)22-23)9-20-15(24)21-13-7-5-6-12(8-13)16(17,18)19/h12-13H,4-9H2,1-3H3,(H2,20,21,24). The van der Waals surface area contributed by atoms with Crippen LogP contribution < -0.4 is 10.6 Å². The van der Waals surface area contributed by atoms with Gasteiger partial charge >= 0.3 is 12.2 Å². The highest BCUT2D eigenvalue weighted by atomic mass is 19.4. The summed E-state index contributed by atoms with van der Waals surface area (Å²) in [4.78, 5) is 12.0. The lowest BCUT2D eigenvalue weighted by Crippen LogP contribution is -2.45. The van der Waals surface area contributed by atoms with Crippen LogP contribution in [0, 0.1) is 19.8 Å². The quantitative estimate of drug-likeness (QED) is 0.877. The molecule has 1 aliphatic carbocycles. The van der Waals surface area contributed by atoms with E-state index in [0.717, 1.165) is 23.5 Å². The molecule has 136 valence electrons. The van der Waals surface area contributed by atoms with Crippen molar-refractivity contribution in [2.75, 3.05) is 0 Å². The van der Waals surface area contributed by atoms with E-state index in [1.807, 2.05) is 25.5 Å². The summed E-state index contributed by atoms with van der Waals surface area (Å²) in [5.41, 5.74) is 2.79. The third-order valence-electron chi connectivity index (χ3n) is 4.73. The molecule has 24 heavy (non-hydrogen) atoms. The molecule has 8 heteroatoms. The van der Waals surface area contributed by atoms with E-state index in [1.165, 1.54) is 0 Å². The lowest BCUT2D eigenvalue weighted by atomic mass is 9.85. The maximum atomic E-state index is 12.8. The Balaban J connectivity index is 1.86. The molecular weight excluding hydrogens is 321 g/mol. The summed E-state index contributed by atoms with van der Waals surface area (Å²) in [6.07, 6.45) is -3.00. The van der Waals surface area contributed by atoms with Gasteiger partial charge in [-0.05, 0) is 40.0 Å². The first kappa shape index (κ1) is 18.6. The molecule has 1 heterocycles. The fraction of sp³-hybridized carbons (Fsp3) is 0.750. The minimum atomic E-state index is -4.18. The number of carbonyl (C=O) groups excluding carboxylic acids is 1. The Kier molecular flexibility index (Phi) is 5.77. The van der Waals surface area contributed by atoms with Crippen LogP contribution in [0.5, 0.6) is 0 Å². The Labute approximate surface area is 140 Å². The van der Waals surface area contributed by atoms with Crippen LogP contribution in [0.15, 0.2) is 0 Å². The van der Waals surface area contributed by atoms with E-state index < -0.39 is 24.2 Å². The van der Waals surface area contributed by atoms with Crippen molar-refractivity contribution in [3.63, 3.8) is 0 Å². The number of hydrogen-bond donors (Lipinski definition) is 2. The first-order chi connectivity index (χ1) is 11.2. The molecule has 2 unspecified atom stereocenters. The van der Waals surface area contributed by atoms with Crippen LogP contribution >= 0.6 is 0 Å². The zero-order valence-electron chi connectivity index (χ0n) is 14.3. The number of rotatable bonds is 4. The second-order valence-electron chi connectivity index (χ2n) is 6.39. The number of hydrogen-bond acceptors (Lipinski definition) is 2. The summed E-state index contributed by atoms with van der Waals surface area (Å²) < 4.78 is 40.3. The van der Waals surface area contributed by atoms with Gasteiger partial charge in [-0.25, -0.2) is 4.79 Å². The van der Waals surface area contributed by atoms with Crippen LogP contribution in [0.4, 0.5) is 18.0 Å². The summed E-state index contributed by atoms with van der Waals surface area (Å²) in [6, 6.07) is -0.850. The van der Waals surface area contributed by atoms with Crippen LogP contribution in [-0.4, -0.2) is 28.0 Å². The maximum absolute atomic E-state index is 12.8. The second-order valence-corrected chi connectivity index (χ2v) is 6.39. The van der Waals surface area contributed by atoms with Crippen LogP contribution in [-0.2, 0) is 13.1 Å². The molecular formula is C16H25F3N4O. The van der Waals surface area contributed by atoms with Crippen molar-refractivity contribution < 1.29 is 18.0 Å². The Morgan fingerprint density at radius 1 is 1.33 bits per heavy atom. The first-order valence-corrected chi connectivity index (χ1v) is 8.36. The molecule has 0 spiro atoms. The molecule has 1 fully saturated rings. The van der Waals surface area contributed by atoms with Gasteiger partial charge in [-0.2, -0.15) is 18.3 Å². The van der Waals surface area contributed by atoms with Gasteiger partial charge in [0.1, 0.15) is 0 Å². The number of nitrogens with zero attached hydrogens (tertiary/aromatic N) is 2. The molecule has 1 aliphatic rings. The Morgan fingerprint density at radius 3 is 2.62 bits per heavy atom. The highest BCUT2D eigenvalue weighted by Crippen LogP contribution is 2.37. The van der Waals surface area contributed by atoms with Crippen molar-refractivity contribution in [2.45, 2.75) is 71.8 Å². The molecule has 0 aromatic carbocycles. The predicted molar refractivity (Wildman–Crippen MR) is 84.5 cm³/mol. The molecule has 1 aromatic rings. The summed E-state index contributed by atoms with van der Waals surface area (Å²) in [5.74, 6) is -1.32. The van der Waals surface area contributed by atoms with E-state index in [-0.39, 0.29) is 12.8 Å². The van der Waals surface area contributed by atoms with Crippen molar-refractivity contribution in [1.82, 2.24) is 20.4 Å². The normalized spacial score (nSPS) is 21.6. The first-order valence-electron chi connectivity index (χ1n) is 8.36. The minimum Gasteiger partial charge on any atom is -0.335 e. The zero-order valence-corrected chi connectivity index (χ0v) is 14.3. The Bertz CT molecular complexity index is 583. The number of carbonyl (C=O) groups is 1. The summed E-state index contributed by atoms with van der Waals surface area (Å²) >= 11 is 0. The van der Waals surface area contributed by atoms with Gasteiger partial charge in [0.2, 0.25) is 0 Å². The van der Waals surface area contributed by atoms with Gasteiger partial charge < -0.3 is 10.6 Å². The van der Waals surface area contributed by atoms with Gasteiger partial charge in [0, 0.05) is 30.4 Å².